The number of rotatable bonds is 8. The highest BCUT2D eigenvalue weighted by molar-refractivity contribution is 7.99. The summed E-state index contributed by atoms with van der Waals surface area (Å²) in [5.41, 5.74) is 2.64. The molecule has 10 heteroatoms. The van der Waals surface area contributed by atoms with Crippen LogP contribution in [0.2, 0.25) is 0 Å². The van der Waals surface area contributed by atoms with Crippen molar-refractivity contribution >= 4 is 40.0 Å². The van der Waals surface area contributed by atoms with E-state index in [0.29, 0.717) is 34.0 Å². The van der Waals surface area contributed by atoms with Gasteiger partial charge in [-0.1, -0.05) is 50.7 Å². The standard InChI is InChI=1S/C25H31N5O3S2/c1-5-33-23(32)21-18-12-11-16(25(2,3)4)15-19(18)35-22(21)26-20(31)13-14-34-24-27-28-29-30(24)17-9-7-6-8-10-17/h6-10,16H,5,11-15H2,1-4H3,(H,26,31). The van der Waals surface area contributed by atoms with Crippen LogP contribution in [0.4, 0.5) is 5.00 Å². The molecular weight excluding hydrogens is 482 g/mol. The predicted octanol–water partition coefficient (Wildman–Crippen LogP) is 5.17. The van der Waals surface area contributed by atoms with Crippen LogP contribution in [0.5, 0.6) is 0 Å². The fourth-order valence-corrected chi connectivity index (χ4v) is 6.42. The molecule has 2 heterocycles. The van der Waals surface area contributed by atoms with Crippen molar-refractivity contribution in [2.24, 2.45) is 11.3 Å². The molecule has 186 valence electrons. The van der Waals surface area contributed by atoms with E-state index in [2.05, 4.69) is 41.6 Å². The van der Waals surface area contributed by atoms with Crippen LogP contribution in [0.25, 0.3) is 5.69 Å². The van der Waals surface area contributed by atoms with Crippen LogP contribution >= 0.6 is 23.1 Å². The first kappa shape index (κ1) is 25.4. The lowest BCUT2D eigenvalue weighted by molar-refractivity contribution is -0.115. The van der Waals surface area contributed by atoms with Crippen LogP contribution in [-0.2, 0) is 22.4 Å². The quantitative estimate of drug-likeness (QED) is 0.328. The molecule has 0 radical (unpaired) electrons. The predicted molar refractivity (Wildman–Crippen MR) is 138 cm³/mol. The average molecular weight is 514 g/mol. The van der Waals surface area contributed by atoms with Crippen LogP contribution < -0.4 is 5.32 Å². The van der Waals surface area contributed by atoms with Crippen LogP contribution in [0.1, 0.15) is 61.3 Å². The molecule has 3 aromatic rings. The number of benzene rings is 1. The molecule has 0 bridgehead atoms. The van der Waals surface area contributed by atoms with Gasteiger partial charge in [0, 0.05) is 17.1 Å². The van der Waals surface area contributed by atoms with E-state index in [1.165, 1.54) is 28.0 Å². The van der Waals surface area contributed by atoms with E-state index in [1.807, 2.05) is 30.3 Å². The van der Waals surface area contributed by atoms with E-state index in [-0.39, 0.29) is 23.7 Å². The van der Waals surface area contributed by atoms with E-state index in [1.54, 1.807) is 11.6 Å². The number of nitrogens with one attached hydrogen (secondary N) is 1. The molecule has 0 fully saturated rings. The number of amides is 1. The van der Waals surface area contributed by atoms with Gasteiger partial charge in [0.2, 0.25) is 11.1 Å². The van der Waals surface area contributed by atoms with Gasteiger partial charge in [0.1, 0.15) is 5.00 Å². The van der Waals surface area contributed by atoms with E-state index in [4.69, 9.17) is 4.74 Å². The fraction of sp³-hybridized carbons (Fsp3) is 0.480. The van der Waals surface area contributed by atoms with Crippen LogP contribution in [0, 0.1) is 11.3 Å². The molecule has 0 saturated heterocycles. The van der Waals surface area contributed by atoms with Gasteiger partial charge in [-0.2, -0.15) is 4.68 Å². The minimum absolute atomic E-state index is 0.146. The van der Waals surface area contributed by atoms with Gasteiger partial charge < -0.3 is 10.1 Å². The Morgan fingerprint density at radius 2 is 2.03 bits per heavy atom. The van der Waals surface area contributed by atoms with Gasteiger partial charge in [0.25, 0.3) is 0 Å². The molecule has 1 aliphatic rings. The average Bonchev–Trinajstić information content (AvgIpc) is 3.43. The van der Waals surface area contributed by atoms with Crippen LogP contribution in [0.3, 0.4) is 0 Å². The summed E-state index contributed by atoms with van der Waals surface area (Å²) in [5, 5.41) is 16.1. The van der Waals surface area contributed by atoms with Crippen molar-refractivity contribution in [2.75, 3.05) is 17.7 Å². The fourth-order valence-electron chi connectivity index (χ4n) is 4.26. The van der Waals surface area contributed by atoms with Crippen molar-refractivity contribution in [3.05, 3.63) is 46.3 Å². The topological polar surface area (TPSA) is 99.0 Å². The van der Waals surface area contributed by atoms with Gasteiger partial charge in [-0.3, -0.25) is 4.79 Å². The van der Waals surface area contributed by atoms with Crippen molar-refractivity contribution in [2.45, 2.75) is 58.5 Å². The van der Waals surface area contributed by atoms with Crippen LogP contribution in [0.15, 0.2) is 35.5 Å². The van der Waals surface area contributed by atoms with Crippen LogP contribution in [-0.4, -0.2) is 44.4 Å². The molecular formula is C25H31N5O3S2. The number of tetrazole rings is 1. The summed E-state index contributed by atoms with van der Waals surface area (Å²) in [5.74, 6) is 0.545. The number of nitrogens with zero attached hydrogens (tertiary/aromatic N) is 4. The molecule has 1 N–H and O–H groups in total. The smallest absolute Gasteiger partial charge is 0.341 e. The third kappa shape index (κ3) is 5.92. The number of thioether (sulfide) groups is 1. The van der Waals surface area contributed by atoms with Crippen molar-refractivity contribution in [1.82, 2.24) is 20.2 Å². The second kappa shape index (κ2) is 10.9. The Morgan fingerprint density at radius 1 is 1.26 bits per heavy atom. The SMILES string of the molecule is CCOC(=O)c1c(NC(=O)CCSc2nnnn2-c2ccccc2)sc2c1CCC(C(C)(C)C)C2. The molecule has 1 atom stereocenters. The number of thiophene rings is 1. The molecule has 35 heavy (non-hydrogen) atoms. The number of fused-ring (bicyclic) bond motifs is 1. The Morgan fingerprint density at radius 3 is 2.74 bits per heavy atom. The Bertz CT molecular complexity index is 1180. The molecule has 0 spiro atoms. The lowest BCUT2D eigenvalue weighted by atomic mass is 9.72. The molecule has 4 rings (SSSR count). The molecule has 1 aliphatic carbocycles. The first-order chi connectivity index (χ1) is 16.8. The van der Waals surface area contributed by atoms with E-state index >= 15 is 0 Å². The summed E-state index contributed by atoms with van der Waals surface area (Å²) in [6, 6.07) is 9.62. The van der Waals surface area contributed by atoms with Gasteiger partial charge in [0.15, 0.2) is 0 Å². The molecule has 0 aliphatic heterocycles. The van der Waals surface area contributed by atoms with E-state index < -0.39 is 0 Å². The summed E-state index contributed by atoms with van der Waals surface area (Å²) in [6.45, 7) is 8.88. The van der Waals surface area contributed by atoms with Gasteiger partial charge in [-0.15, -0.1) is 16.4 Å². The van der Waals surface area contributed by atoms with Gasteiger partial charge >= 0.3 is 5.97 Å². The lowest BCUT2D eigenvalue weighted by Crippen LogP contribution is -2.26. The van der Waals surface area contributed by atoms with Gasteiger partial charge in [-0.25, -0.2) is 4.79 Å². The third-order valence-corrected chi connectivity index (χ3v) is 8.32. The second-order valence-corrected chi connectivity index (χ2v) is 11.8. The summed E-state index contributed by atoms with van der Waals surface area (Å²) >= 11 is 2.93. The largest absolute Gasteiger partial charge is 0.462 e. The number of aromatic nitrogens is 4. The Kier molecular flexibility index (Phi) is 7.91. The maximum Gasteiger partial charge on any atom is 0.341 e. The number of ether oxygens (including phenoxy) is 1. The molecule has 1 amide bonds. The zero-order valence-corrected chi connectivity index (χ0v) is 22.2. The summed E-state index contributed by atoms with van der Waals surface area (Å²) in [4.78, 5) is 26.8. The molecule has 0 saturated carbocycles. The lowest BCUT2D eigenvalue weighted by Gasteiger charge is -2.33. The van der Waals surface area contributed by atoms with Gasteiger partial charge in [0.05, 0.1) is 17.9 Å². The zero-order chi connectivity index (χ0) is 25.0. The third-order valence-electron chi connectivity index (χ3n) is 6.22. The molecule has 1 aromatic carbocycles. The zero-order valence-electron chi connectivity index (χ0n) is 20.5. The maximum absolute atomic E-state index is 12.8. The van der Waals surface area contributed by atoms with Crippen molar-refractivity contribution < 1.29 is 14.3 Å². The summed E-state index contributed by atoms with van der Waals surface area (Å²) < 4.78 is 6.99. The highest BCUT2D eigenvalue weighted by atomic mass is 32.2. The molecule has 1 unspecified atom stereocenters. The van der Waals surface area contributed by atoms with Crippen molar-refractivity contribution in [1.29, 1.82) is 0 Å². The monoisotopic (exact) mass is 513 g/mol. The molecule has 2 aromatic heterocycles. The number of para-hydroxylation sites is 1. The minimum Gasteiger partial charge on any atom is -0.462 e. The second-order valence-electron chi connectivity index (χ2n) is 9.59. The van der Waals surface area contributed by atoms with E-state index in [0.717, 1.165) is 30.5 Å². The Labute approximate surface area is 213 Å². The number of carbonyl (C=O) groups excluding carboxylic acids is 2. The highest BCUT2D eigenvalue weighted by Crippen LogP contribution is 2.44. The number of hydrogen-bond donors (Lipinski definition) is 1. The minimum atomic E-state index is -0.356. The highest BCUT2D eigenvalue weighted by Gasteiger charge is 2.34. The van der Waals surface area contributed by atoms with Crippen molar-refractivity contribution in [3.8, 4) is 5.69 Å². The number of carbonyl (C=O) groups is 2. The Balaban J connectivity index is 1.43. The normalized spacial score (nSPS) is 15.5. The number of hydrogen-bond acceptors (Lipinski definition) is 8. The van der Waals surface area contributed by atoms with Crippen molar-refractivity contribution in [3.63, 3.8) is 0 Å². The number of anilines is 1. The first-order valence-corrected chi connectivity index (χ1v) is 13.7. The Hall–Kier alpha value is -2.72. The first-order valence-electron chi connectivity index (χ1n) is 11.9. The maximum atomic E-state index is 12.8. The van der Waals surface area contributed by atoms with Gasteiger partial charge in [-0.05, 0) is 65.6 Å². The number of esters is 1. The van der Waals surface area contributed by atoms with E-state index in [9.17, 15) is 9.59 Å². The molecule has 8 nitrogen and oxygen atoms in total. The summed E-state index contributed by atoms with van der Waals surface area (Å²) in [7, 11) is 0. The summed E-state index contributed by atoms with van der Waals surface area (Å²) in [6.07, 6.45) is 3.04.